The van der Waals surface area contributed by atoms with E-state index >= 15 is 0 Å². The molecule has 4 heterocycles. The van der Waals surface area contributed by atoms with Gasteiger partial charge in [-0.2, -0.15) is 0 Å². The number of amides is 1. The highest BCUT2D eigenvalue weighted by molar-refractivity contribution is 7.15. The highest BCUT2D eigenvalue weighted by Crippen LogP contribution is 2.24. The first-order valence-corrected chi connectivity index (χ1v) is 10.7. The minimum atomic E-state index is -0.132. The van der Waals surface area contributed by atoms with Crippen molar-refractivity contribution < 1.29 is 4.79 Å². The molecule has 140 valence electrons. The quantitative estimate of drug-likeness (QED) is 0.473. The average molecular weight is 408 g/mol. The maximum atomic E-state index is 12.7. The summed E-state index contributed by atoms with van der Waals surface area (Å²) in [6.45, 7) is 2.53. The lowest BCUT2D eigenvalue weighted by Crippen LogP contribution is -2.24. The first-order chi connectivity index (χ1) is 13.7. The van der Waals surface area contributed by atoms with Gasteiger partial charge in [-0.05, 0) is 12.0 Å². The molecule has 5 rings (SSSR count). The summed E-state index contributed by atoms with van der Waals surface area (Å²) < 4.78 is 3.82. The lowest BCUT2D eigenvalue weighted by atomic mass is 10.1. The van der Waals surface area contributed by atoms with E-state index in [4.69, 9.17) is 0 Å². The van der Waals surface area contributed by atoms with Crippen molar-refractivity contribution >= 4 is 38.5 Å². The maximum Gasteiger partial charge on any atom is 0.269 e. The van der Waals surface area contributed by atoms with E-state index in [1.54, 1.807) is 11.3 Å². The van der Waals surface area contributed by atoms with Crippen LogP contribution < -0.4 is 5.32 Å². The minimum absolute atomic E-state index is 0.132. The fraction of sp³-hybridized carbons (Fsp3) is 0.150. The fourth-order valence-electron chi connectivity index (χ4n) is 3.12. The molecular formula is C20H17N5OS2. The third kappa shape index (κ3) is 3.00. The molecular weight excluding hydrogens is 390 g/mol. The van der Waals surface area contributed by atoms with Gasteiger partial charge in [0.1, 0.15) is 5.69 Å². The molecule has 0 unspecified atom stereocenters. The summed E-state index contributed by atoms with van der Waals surface area (Å²) in [5.74, 6) is -0.132. The van der Waals surface area contributed by atoms with Crippen LogP contribution >= 0.6 is 22.7 Å². The van der Waals surface area contributed by atoms with Crippen LogP contribution in [0.1, 0.15) is 28.7 Å². The summed E-state index contributed by atoms with van der Waals surface area (Å²) in [6, 6.07) is 8.39. The van der Waals surface area contributed by atoms with Crippen LogP contribution in [-0.2, 0) is 13.0 Å². The molecule has 6 nitrogen and oxygen atoms in total. The van der Waals surface area contributed by atoms with Crippen molar-refractivity contribution in [1.29, 1.82) is 0 Å². The molecule has 1 aromatic carbocycles. The summed E-state index contributed by atoms with van der Waals surface area (Å²) in [7, 11) is 0. The van der Waals surface area contributed by atoms with Crippen LogP contribution in [0, 0.1) is 0 Å². The van der Waals surface area contributed by atoms with Gasteiger partial charge in [0.25, 0.3) is 5.91 Å². The smallest absolute Gasteiger partial charge is 0.269 e. The van der Waals surface area contributed by atoms with Crippen LogP contribution in [0.25, 0.3) is 21.2 Å². The summed E-state index contributed by atoms with van der Waals surface area (Å²) in [5, 5.41) is 6.78. The number of carbonyl (C=O) groups is 1. The second-order valence-corrected chi connectivity index (χ2v) is 8.17. The van der Waals surface area contributed by atoms with Gasteiger partial charge in [0.05, 0.1) is 17.9 Å². The fourth-order valence-corrected chi connectivity index (χ4v) is 4.69. The van der Waals surface area contributed by atoms with Gasteiger partial charge >= 0.3 is 0 Å². The number of thiazole rings is 2. The lowest BCUT2D eigenvalue weighted by molar-refractivity contribution is 0.0945. The summed E-state index contributed by atoms with van der Waals surface area (Å²) in [6.07, 6.45) is 6.83. The van der Waals surface area contributed by atoms with E-state index in [-0.39, 0.29) is 5.91 Å². The van der Waals surface area contributed by atoms with Crippen molar-refractivity contribution in [2.75, 3.05) is 0 Å². The highest BCUT2D eigenvalue weighted by Gasteiger charge is 2.15. The largest absolute Gasteiger partial charge is 0.345 e. The predicted molar refractivity (Wildman–Crippen MR) is 112 cm³/mol. The number of nitrogens with one attached hydrogen (secondary N) is 1. The number of aryl methyl sites for hydroxylation is 1. The van der Waals surface area contributed by atoms with Crippen molar-refractivity contribution in [3.63, 3.8) is 0 Å². The molecule has 0 atom stereocenters. The van der Waals surface area contributed by atoms with E-state index < -0.39 is 0 Å². The van der Waals surface area contributed by atoms with Crippen LogP contribution in [0.2, 0.25) is 0 Å². The molecule has 4 aromatic heterocycles. The third-order valence-electron chi connectivity index (χ3n) is 4.67. The van der Waals surface area contributed by atoms with Crippen LogP contribution in [0.3, 0.4) is 0 Å². The summed E-state index contributed by atoms with van der Waals surface area (Å²) in [5.41, 5.74) is 4.65. The predicted octanol–water partition coefficient (Wildman–Crippen LogP) is 4.26. The first-order valence-electron chi connectivity index (χ1n) is 8.96. The number of imidazole rings is 2. The number of fused-ring (bicyclic) bond motifs is 2. The van der Waals surface area contributed by atoms with Gasteiger partial charge in [-0.3, -0.25) is 13.6 Å². The zero-order valence-corrected chi connectivity index (χ0v) is 16.8. The van der Waals surface area contributed by atoms with Gasteiger partial charge in [-0.15, -0.1) is 22.7 Å². The monoisotopic (exact) mass is 407 g/mol. The molecule has 0 bridgehead atoms. The third-order valence-corrected chi connectivity index (χ3v) is 6.28. The van der Waals surface area contributed by atoms with E-state index in [0.29, 0.717) is 12.2 Å². The molecule has 0 aliphatic rings. The van der Waals surface area contributed by atoms with Crippen molar-refractivity contribution in [3.8, 4) is 11.3 Å². The van der Waals surface area contributed by atoms with Gasteiger partial charge < -0.3 is 5.32 Å². The number of nitrogens with zero attached hydrogens (tertiary/aromatic N) is 4. The van der Waals surface area contributed by atoms with E-state index in [0.717, 1.165) is 33.3 Å². The molecule has 0 radical (unpaired) electrons. The zero-order valence-electron chi connectivity index (χ0n) is 15.1. The van der Waals surface area contributed by atoms with Crippen LogP contribution in [-0.4, -0.2) is 24.7 Å². The van der Waals surface area contributed by atoms with Crippen LogP contribution in [0.15, 0.2) is 53.6 Å². The van der Waals surface area contributed by atoms with Crippen molar-refractivity contribution in [3.05, 3.63) is 70.6 Å². The maximum absolute atomic E-state index is 12.7. The van der Waals surface area contributed by atoms with Crippen molar-refractivity contribution in [2.24, 2.45) is 0 Å². The van der Waals surface area contributed by atoms with Crippen molar-refractivity contribution in [2.45, 2.75) is 19.9 Å². The van der Waals surface area contributed by atoms with Gasteiger partial charge in [0.15, 0.2) is 9.92 Å². The van der Waals surface area contributed by atoms with Gasteiger partial charge in [-0.25, -0.2) is 9.97 Å². The Balaban J connectivity index is 1.36. The Bertz CT molecular complexity index is 1250. The molecule has 0 aliphatic heterocycles. The molecule has 0 aliphatic carbocycles. The lowest BCUT2D eigenvalue weighted by Gasteiger charge is -2.02. The molecule has 8 heteroatoms. The number of hydrogen-bond donors (Lipinski definition) is 1. The molecule has 28 heavy (non-hydrogen) atoms. The van der Waals surface area contributed by atoms with Crippen LogP contribution in [0.5, 0.6) is 0 Å². The van der Waals surface area contributed by atoms with E-state index in [1.807, 2.05) is 38.2 Å². The molecule has 0 saturated carbocycles. The Hall–Kier alpha value is -2.97. The number of hydrogen-bond acceptors (Lipinski definition) is 5. The zero-order chi connectivity index (χ0) is 19.1. The Kier molecular flexibility index (Phi) is 4.22. The van der Waals surface area contributed by atoms with Crippen molar-refractivity contribution in [1.82, 2.24) is 24.1 Å². The molecule has 1 amide bonds. The average Bonchev–Trinajstić information content (AvgIpc) is 3.46. The van der Waals surface area contributed by atoms with Gasteiger partial charge in [-0.1, -0.05) is 31.2 Å². The van der Waals surface area contributed by atoms with Crippen LogP contribution in [0.4, 0.5) is 0 Å². The first kappa shape index (κ1) is 17.2. The normalized spacial score (nSPS) is 11.5. The Labute approximate surface area is 169 Å². The minimum Gasteiger partial charge on any atom is -0.345 e. The number of rotatable bonds is 5. The molecule has 5 aromatic rings. The Morgan fingerprint density at radius 3 is 2.75 bits per heavy atom. The second-order valence-electron chi connectivity index (χ2n) is 6.46. The topological polar surface area (TPSA) is 63.7 Å². The molecule has 1 N–H and O–H groups in total. The van der Waals surface area contributed by atoms with E-state index in [2.05, 4.69) is 46.5 Å². The molecule has 0 fully saturated rings. The molecule has 0 saturated heterocycles. The Morgan fingerprint density at radius 2 is 1.96 bits per heavy atom. The van der Waals surface area contributed by atoms with Gasteiger partial charge in [0, 0.05) is 34.9 Å². The standard InChI is InChI=1S/C20H17N5OS2/c1-2-13-3-5-14(6-4-13)16-11-25-17(12-28-20(25)23-16)18(26)21-9-15-10-24-7-8-27-19(24)22-15/h3-8,10-12H,2,9H2,1H3,(H,21,26). The highest BCUT2D eigenvalue weighted by atomic mass is 32.1. The number of carbonyl (C=O) groups excluding carboxylic acids is 1. The van der Waals surface area contributed by atoms with E-state index in [9.17, 15) is 4.79 Å². The second kappa shape index (κ2) is 6.88. The summed E-state index contributed by atoms with van der Waals surface area (Å²) >= 11 is 3.04. The van der Waals surface area contributed by atoms with Gasteiger partial charge in [0.2, 0.25) is 0 Å². The molecule has 0 spiro atoms. The Morgan fingerprint density at radius 1 is 1.11 bits per heavy atom. The SMILES string of the molecule is CCc1ccc(-c2cn3c(C(=O)NCc4cn5ccsc5n4)csc3n2)cc1. The number of benzene rings is 1. The summed E-state index contributed by atoms with van der Waals surface area (Å²) in [4.78, 5) is 23.6. The van der Waals surface area contributed by atoms with E-state index in [1.165, 1.54) is 16.9 Å². The number of aromatic nitrogens is 4.